The van der Waals surface area contributed by atoms with Gasteiger partial charge in [0.15, 0.2) is 6.10 Å². The topological polar surface area (TPSA) is 86.6 Å². The zero-order valence-electron chi connectivity index (χ0n) is 8.48. The summed E-state index contributed by atoms with van der Waals surface area (Å²) in [6.07, 6.45) is -1.69. The molecule has 0 aromatic heterocycles. The van der Waals surface area contributed by atoms with E-state index in [9.17, 15) is 14.0 Å². The number of hydrogen-bond donors (Lipinski definition) is 3. The predicted octanol–water partition coefficient (Wildman–Crippen LogP) is 0.764. The molecule has 7 heteroatoms. The lowest BCUT2D eigenvalue weighted by atomic mass is 10.2. The second-order valence-corrected chi connectivity index (χ2v) is 4.04. The highest BCUT2D eigenvalue weighted by atomic mass is 79.9. The molecule has 1 aromatic rings. The molecule has 0 saturated heterocycles. The molecule has 0 aliphatic carbocycles. The molecule has 0 saturated carbocycles. The molecule has 0 radical (unpaired) electrons. The highest BCUT2D eigenvalue weighted by molar-refractivity contribution is 9.10. The van der Waals surface area contributed by atoms with Gasteiger partial charge in [0.1, 0.15) is 5.82 Å². The number of carbonyl (C=O) groups is 2. The summed E-state index contributed by atoms with van der Waals surface area (Å²) in [5.41, 5.74) is 0.0302. The summed E-state index contributed by atoms with van der Waals surface area (Å²) in [7, 11) is 0. The highest BCUT2D eigenvalue weighted by Gasteiger charge is 2.16. The van der Waals surface area contributed by atoms with Gasteiger partial charge in [-0.05, 0) is 34.1 Å². The van der Waals surface area contributed by atoms with Crippen LogP contribution in [0.4, 0.5) is 4.39 Å². The number of carbonyl (C=O) groups excluding carboxylic acids is 1. The Bertz CT molecular complexity index is 452. The van der Waals surface area contributed by atoms with Gasteiger partial charge in [0, 0.05) is 4.47 Å². The molecule has 0 fully saturated rings. The summed E-state index contributed by atoms with van der Waals surface area (Å²) >= 11 is 3.06. The Morgan fingerprint density at radius 3 is 2.71 bits per heavy atom. The number of hydrogen-bond acceptors (Lipinski definition) is 3. The Labute approximate surface area is 104 Å². The maximum absolute atomic E-state index is 12.9. The van der Waals surface area contributed by atoms with Crippen molar-refractivity contribution in [3.05, 3.63) is 34.1 Å². The molecule has 0 bridgehead atoms. The predicted molar refractivity (Wildman–Crippen MR) is 60.1 cm³/mol. The smallest absolute Gasteiger partial charge is 0.334 e. The molecule has 1 atom stereocenters. The van der Waals surface area contributed by atoms with E-state index in [0.29, 0.717) is 4.47 Å². The molecule has 0 aliphatic heterocycles. The Hall–Kier alpha value is -1.47. The van der Waals surface area contributed by atoms with Crippen molar-refractivity contribution in [2.75, 3.05) is 6.54 Å². The Balaban J connectivity index is 2.70. The summed E-state index contributed by atoms with van der Waals surface area (Å²) in [6.45, 7) is -0.447. The fourth-order valence-electron chi connectivity index (χ4n) is 1.04. The van der Waals surface area contributed by atoms with E-state index in [1.165, 1.54) is 12.1 Å². The summed E-state index contributed by atoms with van der Waals surface area (Å²) in [6, 6.07) is 3.54. The molecule has 17 heavy (non-hydrogen) atoms. The van der Waals surface area contributed by atoms with Crippen molar-refractivity contribution in [1.29, 1.82) is 0 Å². The molecule has 0 unspecified atom stereocenters. The summed E-state index contributed by atoms with van der Waals surface area (Å²) < 4.78 is 13.3. The fraction of sp³-hybridized carbons (Fsp3) is 0.200. The molecule has 3 N–H and O–H groups in total. The molecule has 92 valence electrons. The Kier molecular flexibility index (Phi) is 4.59. The first-order valence-corrected chi connectivity index (χ1v) is 5.35. The van der Waals surface area contributed by atoms with Crippen molar-refractivity contribution in [3.8, 4) is 0 Å². The van der Waals surface area contributed by atoms with Gasteiger partial charge < -0.3 is 15.5 Å². The number of rotatable bonds is 4. The number of aliphatic carboxylic acids is 1. The van der Waals surface area contributed by atoms with Crippen molar-refractivity contribution >= 4 is 27.8 Å². The van der Waals surface area contributed by atoms with Crippen LogP contribution in [0.2, 0.25) is 0 Å². The van der Waals surface area contributed by atoms with Crippen molar-refractivity contribution in [2.45, 2.75) is 6.10 Å². The van der Waals surface area contributed by atoms with E-state index in [0.717, 1.165) is 6.07 Å². The van der Waals surface area contributed by atoms with Crippen LogP contribution >= 0.6 is 15.9 Å². The van der Waals surface area contributed by atoms with E-state index >= 15 is 0 Å². The standard InChI is InChI=1S/C10H9BrFNO4/c11-7-2-1-5(12)3-6(7)9(15)13-4-8(14)10(16)17/h1-3,8,14H,4H2,(H,13,15)(H,16,17)/t8-/m0/s1. The van der Waals surface area contributed by atoms with Gasteiger partial charge in [-0.2, -0.15) is 0 Å². The van der Waals surface area contributed by atoms with Gasteiger partial charge in [-0.3, -0.25) is 4.79 Å². The molecular formula is C10H9BrFNO4. The number of halogens is 2. The lowest BCUT2D eigenvalue weighted by Gasteiger charge is -2.08. The summed E-state index contributed by atoms with van der Waals surface area (Å²) in [5, 5.41) is 19.5. The van der Waals surface area contributed by atoms with Crippen LogP contribution < -0.4 is 5.32 Å². The van der Waals surface area contributed by atoms with E-state index in [1.54, 1.807) is 0 Å². The number of carboxylic acid groups (broad SMARTS) is 1. The minimum Gasteiger partial charge on any atom is -0.479 e. The van der Waals surface area contributed by atoms with Crippen LogP contribution in [0.5, 0.6) is 0 Å². The van der Waals surface area contributed by atoms with Gasteiger partial charge in [0.2, 0.25) is 0 Å². The maximum Gasteiger partial charge on any atom is 0.334 e. The van der Waals surface area contributed by atoms with Crippen LogP contribution in [-0.2, 0) is 4.79 Å². The summed E-state index contributed by atoms with van der Waals surface area (Å²) in [4.78, 5) is 21.8. The average Bonchev–Trinajstić information content (AvgIpc) is 2.28. The van der Waals surface area contributed by atoms with Gasteiger partial charge in [-0.25, -0.2) is 9.18 Å². The first-order valence-electron chi connectivity index (χ1n) is 4.56. The number of nitrogens with one attached hydrogen (secondary N) is 1. The molecule has 5 nitrogen and oxygen atoms in total. The number of amides is 1. The van der Waals surface area contributed by atoms with Gasteiger partial charge in [0.05, 0.1) is 12.1 Å². The van der Waals surface area contributed by atoms with Crippen molar-refractivity contribution in [3.63, 3.8) is 0 Å². The van der Waals surface area contributed by atoms with E-state index < -0.39 is 30.3 Å². The largest absolute Gasteiger partial charge is 0.479 e. The molecule has 0 heterocycles. The van der Waals surface area contributed by atoms with Crippen LogP contribution in [0, 0.1) is 5.82 Å². The van der Waals surface area contributed by atoms with Crippen LogP contribution in [0.25, 0.3) is 0 Å². The van der Waals surface area contributed by atoms with E-state index in [2.05, 4.69) is 21.2 Å². The van der Waals surface area contributed by atoms with E-state index in [1.807, 2.05) is 0 Å². The lowest BCUT2D eigenvalue weighted by molar-refractivity contribution is -0.146. The van der Waals surface area contributed by atoms with Crippen molar-refractivity contribution in [2.24, 2.45) is 0 Å². The Morgan fingerprint density at radius 2 is 2.12 bits per heavy atom. The second-order valence-electron chi connectivity index (χ2n) is 3.19. The molecule has 1 aromatic carbocycles. The molecule has 0 spiro atoms. The molecule has 1 amide bonds. The van der Waals surface area contributed by atoms with E-state index in [4.69, 9.17) is 10.2 Å². The molecule has 1 rings (SSSR count). The minimum atomic E-state index is -1.69. The normalized spacial score (nSPS) is 11.9. The number of aliphatic hydroxyl groups excluding tert-OH is 1. The fourth-order valence-corrected chi connectivity index (χ4v) is 1.47. The van der Waals surface area contributed by atoms with Gasteiger partial charge in [-0.1, -0.05) is 0 Å². The maximum atomic E-state index is 12.9. The Morgan fingerprint density at radius 1 is 1.47 bits per heavy atom. The number of aliphatic hydroxyl groups is 1. The van der Waals surface area contributed by atoms with Gasteiger partial charge >= 0.3 is 5.97 Å². The third-order valence-corrected chi connectivity index (χ3v) is 2.61. The van der Waals surface area contributed by atoms with E-state index in [-0.39, 0.29) is 5.56 Å². The zero-order valence-corrected chi connectivity index (χ0v) is 10.1. The van der Waals surface area contributed by atoms with Crippen molar-refractivity contribution < 1.29 is 24.2 Å². The third kappa shape index (κ3) is 3.79. The lowest BCUT2D eigenvalue weighted by Crippen LogP contribution is -2.36. The van der Waals surface area contributed by atoms with Crippen molar-refractivity contribution in [1.82, 2.24) is 5.32 Å². The third-order valence-electron chi connectivity index (χ3n) is 1.91. The van der Waals surface area contributed by atoms with Crippen LogP contribution in [-0.4, -0.2) is 34.7 Å². The monoisotopic (exact) mass is 305 g/mol. The number of carboxylic acids is 1. The quantitative estimate of drug-likeness (QED) is 0.766. The number of benzene rings is 1. The second kappa shape index (κ2) is 5.74. The van der Waals surface area contributed by atoms with Gasteiger partial charge in [0.25, 0.3) is 5.91 Å². The van der Waals surface area contributed by atoms with Crippen LogP contribution in [0.3, 0.4) is 0 Å². The highest BCUT2D eigenvalue weighted by Crippen LogP contribution is 2.17. The first kappa shape index (κ1) is 13.6. The first-order chi connectivity index (χ1) is 7.91. The zero-order chi connectivity index (χ0) is 13.0. The average molecular weight is 306 g/mol. The van der Waals surface area contributed by atoms with Crippen LogP contribution in [0.15, 0.2) is 22.7 Å². The molecular weight excluding hydrogens is 297 g/mol. The van der Waals surface area contributed by atoms with Gasteiger partial charge in [-0.15, -0.1) is 0 Å². The summed E-state index contributed by atoms with van der Waals surface area (Å²) in [5.74, 6) is -2.70. The molecule has 0 aliphatic rings. The van der Waals surface area contributed by atoms with Crippen LogP contribution in [0.1, 0.15) is 10.4 Å². The minimum absolute atomic E-state index is 0.0302. The SMILES string of the molecule is O=C(NC[C@H](O)C(=O)O)c1cc(F)ccc1Br.